The van der Waals surface area contributed by atoms with E-state index in [1.807, 2.05) is 29.1 Å². The lowest BCUT2D eigenvalue weighted by Crippen LogP contribution is -2.14. The summed E-state index contributed by atoms with van der Waals surface area (Å²) < 4.78 is 12.8. The first-order valence-electron chi connectivity index (χ1n) is 8.77. The van der Waals surface area contributed by atoms with Gasteiger partial charge in [0.1, 0.15) is 11.5 Å². The van der Waals surface area contributed by atoms with E-state index in [9.17, 15) is 0 Å². The minimum Gasteiger partial charge on any atom is -0.497 e. The van der Waals surface area contributed by atoms with Gasteiger partial charge in [0.15, 0.2) is 0 Å². The lowest BCUT2D eigenvalue weighted by Gasteiger charge is -2.11. The fourth-order valence-electron chi connectivity index (χ4n) is 2.52. The van der Waals surface area contributed by atoms with Crippen molar-refractivity contribution in [2.75, 3.05) is 20.8 Å². The molecule has 0 fully saturated rings. The number of aromatic nitrogens is 1. The molecule has 0 unspecified atom stereocenters. The van der Waals surface area contributed by atoms with E-state index in [-0.39, 0.29) is 0 Å². The van der Waals surface area contributed by atoms with Crippen LogP contribution in [0, 0.1) is 5.92 Å². The maximum Gasteiger partial charge on any atom is 0.206 e. The van der Waals surface area contributed by atoms with E-state index in [0.29, 0.717) is 12.5 Å². The molecule has 1 aromatic carbocycles. The molecule has 2 rings (SSSR count). The highest BCUT2D eigenvalue weighted by atomic mass is 32.1. The van der Waals surface area contributed by atoms with Gasteiger partial charge in [0.05, 0.1) is 26.5 Å². The summed E-state index contributed by atoms with van der Waals surface area (Å²) >= 11 is 1.55. The summed E-state index contributed by atoms with van der Waals surface area (Å²) in [7, 11) is 3.30. The molecule has 0 saturated carbocycles. The van der Waals surface area contributed by atoms with Crippen molar-refractivity contribution in [3.8, 4) is 22.8 Å². The van der Waals surface area contributed by atoms with Crippen LogP contribution in [0.1, 0.15) is 26.7 Å². The Labute approximate surface area is 159 Å². The van der Waals surface area contributed by atoms with Crippen LogP contribution in [0.15, 0.2) is 46.3 Å². The second kappa shape index (κ2) is 9.97. The molecule has 0 bridgehead atoms. The van der Waals surface area contributed by atoms with E-state index < -0.39 is 0 Å². The van der Waals surface area contributed by atoms with Crippen molar-refractivity contribution in [3.05, 3.63) is 41.0 Å². The standard InChI is InChI=1S/C20H27N3O2S/c1-6-11-21-20-23(22-13-15(7-2)8-3)18(14-26-20)17-10-9-16(24-4)12-19(17)25-5/h6,9-10,12-15H,1,7-8,11H2,2-5H3. The first-order valence-corrected chi connectivity index (χ1v) is 9.65. The molecule has 26 heavy (non-hydrogen) atoms. The molecule has 0 radical (unpaired) electrons. The zero-order valence-corrected chi connectivity index (χ0v) is 16.8. The van der Waals surface area contributed by atoms with E-state index in [1.165, 1.54) is 0 Å². The maximum atomic E-state index is 5.57. The highest BCUT2D eigenvalue weighted by molar-refractivity contribution is 7.07. The highest BCUT2D eigenvalue weighted by Crippen LogP contribution is 2.33. The molecule has 0 aliphatic carbocycles. The van der Waals surface area contributed by atoms with Crippen molar-refractivity contribution >= 4 is 17.6 Å². The number of nitrogens with zero attached hydrogens (tertiary/aromatic N) is 3. The molecule has 0 aliphatic heterocycles. The molecule has 0 aliphatic rings. The Bertz CT molecular complexity index is 817. The van der Waals surface area contributed by atoms with E-state index >= 15 is 0 Å². The Kier molecular flexibility index (Phi) is 7.66. The second-order valence-corrected chi connectivity index (χ2v) is 6.59. The SMILES string of the molecule is C=CCN=c1scc(-c2ccc(OC)cc2OC)n1N=CC(CC)CC. The summed E-state index contributed by atoms with van der Waals surface area (Å²) in [6, 6.07) is 5.79. The normalized spacial score (nSPS) is 12.1. The molecule has 0 spiro atoms. The minimum absolute atomic E-state index is 0.445. The quantitative estimate of drug-likeness (QED) is 0.477. The molecule has 0 amide bonds. The van der Waals surface area contributed by atoms with Gasteiger partial charge in [-0.1, -0.05) is 19.9 Å². The number of methoxy groups -OCH3 is 2. The minimum atomic E-state index is 0.445. The molecular weight excluding hydrogens is 346 g/mol. The van der Waals surface area contributed by atoms with Crippen molar-refractivity contribution in [1.29, 1.82) is 0 Å². The molecule has 6 heteroatoms. The summed E-state index contributed by atoms with van der Waals surface area (Å²) in [5.74, 6) is 1.94. The molecule has 1 heterocycles. The number of benzene rings is 1. The van der Waals surface area contributed by atoms with Crippen LogP contribution in [0.4, 0.5) is 0 Å². The smallest absolute Gasteiger partial charge is 0.206 e. The van der Waals surface area contributed by atoms with Gasteiger partial charge in [0.2, 0.25) is 4.80 Å². The maximum absolute atomic E-state index is 5.57. The van der Waals surface area contributed by atoms with Gasteiger partial charge in [0, 0.05) is 23.2 Å². The number of hydrogen-bond donors (Lipinski definition) is 0. The van der Waals surface area contributed by atoms with Crippen LogP contribution in [0.3, 0.4) is 0 Å². The average molecular weight is 374 g/mol. The fourth-order valence-corrected chi connectivity index (χ4v) is 3.36. The predicted octanol–water partition coefficient (Wildman–Crippen LogP) is 4.59. The highest BCUT2D eigenvalue weighted by Gasteiger charge is 2.14. The molecule has 140 valence electrons. The van der Waals surface area contributed by atoms with Crippen molar-refractivity contribution in [1.82, 2.24) is 4.68 Å². The molecule has 2 aromatic rings. The number of ether oxygens (including phenoxy) is 2. The van der Waals surface area contributed by atoms with E-state index in [2.05, 4.69) is 30.8 Å². The third kappa shape index (κ3) is 4.64. The summed E-state index contributed by atoms with van der Waals surface area (Å²) in [6.07, 6.45) is 5.91. The Morgan fingerprint density at radius 3 is 2.62 bits per heavy atom. The van der Waals surface area contributed by atoms with Gasteiger partial charge in [-0.15, -0.1) is 17.9 Å². The average Bonchev–Trinajstić information content (AvgIpc) is 3.09. The van der Waals surface area contributed by atoms with E-state index in [4.69, 9.17) is 14.6 Å². The van der Waals surface area contributed by atoms with Gasteiger partial charge in [0.25, 0.3) is 0 Å². The first kappa shape index (κ1) is 20.0. The van der Waals surface area contributed by atoms with Gasteiger partial charge in [-0.25, -0.2) is 4.68 Å². The Balaban J connectivity index is 2.59. The van der Waals surface area contributed by atoms with Crippen LogP contribution >= 0.6 is 11.3 Å². The zero-order valence-electron chi connectivity index (χ0n) is 15.9. The summed E-state index contributed by atoms with van der Waals surface area (Å²) in [4.78, 5) is 5.41. The van der Waals surface area contributed by atoms with Crippen LogP contribution in [0.2, 0.25) is 0 Å². The molecule has 5 nitrogen and oxygen atoms in total. The van der Waals surface area contributed by atoms with Crippen molar-refractivity contribution in [2.24, 2.45) is 16.0 Å². The number of thiazole rings is 1. The fraction of sp³-hybridized carbons (Fsp3) is 0.400. The number of rotatable bonds is 9. The molecular formula is C20H27N3O2S. The van der Waals surface area contributed by atoms with Crippen LogP contribution in [0.25, 0.3) is 11.3 Å². The van der Waals surface area contributed by atoms with Crippen LogP contribution < -0.4 is 14.3 Å². The van der Waals surface area contributed by atoms with Gasteiger partial charge >= 0.3 is 0 Å². The van der Waals surface area contributed by atoms with Gasteiger partial charge in [-0.05, 0) is 30.9 Å². The monoisotopic (exact) mass is 373 g/mol. The number of hydrogen-bond acceptors (Lipinski definition) is 5. The van der Waals surface area contributed by atoms with Crippen molar-refractivity contribution < 1.29 is 9.47 Å². The Morgan fingerprint density at radius 2 is 2.00 bits per heavy atom. The van der Waals surface area contributed by atoms with Crippen molar-refractivity contribution in [3.63, 3.8) is 0 Å². The third-order valence-corrected chi connectivity index (χ3v) is 5.02. The summed E-state index contributed by atoms with van der Waals surface area (Å²) in [6.45, 7) is 8.65. The lowest BCUT2D eigenvalue weighted by molar-refractivity contribution is 0.395. The Hall–Kier alpha value is -2.34. The topological polar surface area (TPSA) is 48.1 Å². The zero-order chi connectivity index (χ0) is 18.9. The van der Waals surface area contributed by atoms with E-state index in [0.717, 1.165) is 40.4 Å². The van der Waals surface area contributed by atoms with Crippen LogP contribution in [-0.2, 0) is 0 Å². The van der Waals surface area contributed by atoms with Gasteiger partial charge in [-0.2, -0.15) is 5.10 Å². The predicted molar refractivity (Wildman–Crippen MR) is 109 cm³/mol. The molecule has 0 saturated heterocycles. The van der Waals surface area contributed by atoms with E-state index in [1.54, 1.807) is 31.6 Å². The second-order valence-electron chi connectivity index (χ2n) is 5.75. The summed E-state index contributed by atoms with van der Waals surface area (Å²) in [5, 5.41) is 6.79. The van der Waals surface area contributed by atoms with Crippen LogP contribution in [0.5, 0.6) is 11.5 Å². The Morgan fingerprint density at radius 1 is 1.23 bits per heavy atom. The summed E-state index contributed by atoms with van der Waals surface area (Å²) in [5.41, 5.74) is 1.89. The molecule has 1 aromatic heterocycles. The molecule has 0 atom stereocenters. The first-order chi connectivity index (χ1) is 12.7. The third-order valence-electron chi connectivity index (χ3n) is 4.17. The lowest BCUT2D eigenvalue weighted by atomic mass is 10.1. The van der Waals surface area contributed by atoms with Crippen molar-refractivity contribution in [2.45, 2.75) is 26.7 Å². The van der Waals surface area contributed by atoms with Crippen LogP contribution in [-0.4, -0.2) is 31.7 Å². The largest absolute Gasteiger partial charge is 0.497 e. The van der Waals surface area contributed by atoms with Gasteiger partial charge in [-0.3, -0.25) is 4.99 Å². The molecule has 0 N–H and O–H groups in total. The van der Waals surface area contributed by atoms with Gasteiger partial charge < -0.3 is 9.47 Å².